The van der Waals surface area contributed by atoms with Crippen LogP contribution in [0.4, 0.5) is 10.1 Å². The van der Waals surface area contributed by atoms with E-state index >= 15 is 0 Å². The third-order valence-corrected chi connectivity index (χ3v) is 4.09. The van der Waals surface area contributed by atoms with Crippen molar-refractivity contribution in [2.24, 2.45) is 0 Å². The highest BCUT2D eigenvalue weighted by Gasteiger charge is 2.19. The lowest BCUT2D eigenvalue weighted by Gasteiger charge is -2.08. The summed E-state index contributed by atoms with van der Waals surface area (Å²) in [5, 5.41) is -0.116. The van der Waals surface area contributed by atoms with Crippen LogP contribution >= 0.6 is 15.9 Å². The largest absolute Gasteiger partial charge is 0.332 e. The lowest BCUT2D eigenvalue weighted by Crippen LogP contribution is -2.14. The van der Waals surface area contributed by atoms with Crippen LogP contribution in [0.2, 0.25) is 0 Å². The standard InChI is InChI=1S/C10H9BrFN3O2S/c1-6-13-5-9(14-6)18(16,17)15-10-7(11)3-2-4-8(10)12/h2-5,15H,1H3,(H,13,14). The van der Waals surface area contributed by atoms with Crippen LogP contribution in [0.3, 0.4) is 0 Å². The third-order valence-electron chi connectivity index (χ3n) is 2.17. The fourth-order valence-electron chi connectivity index (χ4n) is 1.32. The number of anilines is 1. The molecule has 0 bridgehead atoms. The molecule has 8 heteroatoms. The van der Waals surface area contributed by atoms with Crippen molar-refractivity contribution in [2.45, 2.75) is 11.9 Å². The number of halogens is 2. The van der Waals surface area contributed by atoms with Gasteiger partial charge in [-0.25, -0.2) is 9.37 Å². The predicted molar refractivity (Wildman–Crippen MR) is 68.2 cm³/mol. The summed E-state index contributed by atoms with van der Waals surface area (Å²) in [5.41, 5.74) is -0.134. The highest BCUT2D eigenvalue weighted by atomic mass is 79.9. The molecule has 0 saturated carbocycles. The molecule has 96 valence electrons. The Morgan fingerprint density at radius 3 is 2.72 bits per heavy atom. The van der Waals surface area contributed by atoms with E-state index in [1.165, 1.54) is 18.3 Å². The number of rotatable bonds is 3. The van der Waals surface area contributed by atoms with Gasteiger partial charge >= 0.3 is 0 Å². The number of aromatic nitrogens is 2. The molecular formula is C10H9BrFN3O2S. The van der Waals surface area contributed by atoms with Gasteiger partial charge in [0, 0.05) is 4.47 Å². The van der Waals surface area contributed by atoms with Gasteiger partial charge in [-0.1, -0.05) is 6.07 Å². The first-order chi connectivity index (χ1) is 8.40. The van der Waals surface area contributed by atoms with Crippen LogP contribution in [-0.4, -0.2) is 18.4 Å². The van der Waals surface area contributed by atoms with Crippen molar-refractivity contribution in [1.29, 1.82) is 0 Å². The minimum absolute atomic E-state index is 0.116. The highest BCUT2D eigenvalue weighted by Crippen LogP contribution is 2.27. The SMILES string of the molecule is Cc1ncc(S(=O)(=O)Nc2c(F)cccc2Br)[nH]1. The van der Waals surface area contributed by atoms with Crippen molar-refractivity contribution >= 4 is 31.6 Å². The Labute approximate surface area is 112 Å². The van der Waals surface area contributed by atoms with Crippen LogP contribution in [0.15, 0.2) is 33.9 Å². The Morgan fingerprint density at radius 1 is 1.44 bits per heavy atom. The fraction of sp³-hybridized carbons (Fsp3) is 0.100. The van der Waals surface area contributed by atoms with Gasteiger partial charge in [0.05, 0.1) is 11.9 Å². The van der Waals surface area contributed by atoms with Gasteiger partial charge in [-0.15, -0.1) is 0 Å². The zero-order valence-corrected chi connectivity index (χ0v) is 11.6. The van der Waals surface area contributed by atoms with Gasteiger partial charge in [-0.05, 0) is 35.0 Å². The molecule has 0 fully saturated rings. The van der Waals surface area contributed by atoms with E-state index in [0.29, 0.717) is 10.3 Å². The summed E-state index contributed by atoms with van der Waals surface area (Å²) >= 11 is 3.08. The summed E-state index contributed by atoms with van der Waals surface area (Å²) < 4.78 is 39.9. The zero-order chi connectivity index (χ0) is 13.3. The molecule has 0 saturated heterocycles. The van der Waals surface area contributed by atoms with Crippen molar-refractivity contribution < 1.29 is 12.8 Å². The van der Waals surface area contributed by atoms with E-state index in [-0.39, 0.29) is 10.7 Å². The number of benzene rings is 1. The molecule has 1 heterocycles. The number of hydrogen-bond acceptors (Lipinski definition) is 3. The van der Waals surface area contributed by atoms with E-state index in [2.05, 4.69) is 30.6 Å². The maximum atomic E-state index is 13.5. The summed E-state index contributed by atoms with van der Waals surface area (Å²) in [6.07, 6.45) is 1.17. The fourth-order valence-corrected chi connectivity index (χ4v) is 2.95. The van der Waals surface area contributed by atoms with E-state index in [1.807, 2.05) is 0 Å². The molecule has 0 unspecified atom stereocenters. The van der Waals surface area contributed by atoms with Crippen LogP contribution in [0.5, 0.6) is 0 Å². The first kappa shape index (κ1) is 13.0. The van der Waals surface area contributed by atoms with Gasteiger partial charge in [0.25, 0.3) is 10.0 Å². The van der Waals surface area contributed by atoms with E-state index in [9.17, 15) is 12.8 Å². The Bertz CT molecular complexity index is 664. The first-order valence-electron chi connectivity index (χ1n) is 4.88. The van der Waals surface area contributed by atoms with Crippen molar-refractivity contribution in [3.63, 3.8) is 0 Å². The van der Waals surface area contributed by atoms with Gasteiger partial charge in [0.15, 0.2) is 5.03 Å². The topological polar surface area (TPSA) is 74.8 Å². The van der Waals surface area contributed by atoms with Crippen molar-refractivity contribution in [3.05, 3.63) is 40.5 Å². The number of hydrogen-bond donors (Lipinski definition) is 2. The Morgan fingerprint density at radius 2 is 2.17 bits per heavy atom. The smallest absolute Gasteiger partial charge is 0.279 e. The van der Waals surface area contributed by atoms with Gasteiger partial charge < -0.3 is 4.98 Å². The van der Waals surface area contributed by atoms with Gasteiger partial charge in [-0.3, -0.25) is 4.72 Å². The number of imidazole rings is 1. The molecule has 18 heavy (non-hydrogen) atoms. The quantitative estimate of drug-likeness (QED) is 0.905. The van der Waals surface area contributed by atoms with Crippen LogP contribution in [0.1, 0.15) is 5.82 Å². The van der Waals surface area contributed by atoms with E-state index in [4.69, 9.17) is 0 Å². The van der Waals surface area contributed by atoms with Crippen molar-refractivity contribution in [1.82, 2.24) is 9.97 Å². The lowest BCUT2D eigenvalue weighted by molar-refractivity contribution is 0.595. The molecule has 2 aromatic rings. The number of sulfonamides is 1. The van der Waals surface area contributed by atoms with Crippen molar-refractivity contribution in [2.75, 3.05) is 4.72 Å². The molecule has 0 spiro atoms. The summed E-state index contributed by atoms with van der Waals surface area (Å²) in [4.78, 5) is 6.37. The van der Waals surface area contributed by atoms with E-state index in [1.54, 1.807) is 13.0 Å². The molecular weight excluding hydrogens is 325 g/mol. The normalized spacial score (nSPS) is 11.5. The summed E-state index contributed by atoms with van der Waals surface area (Å²) in [6, 6.07) is 4.18. The number of aromatic amines is 1. The lowest BCUT2D eigenvalue weighted by atomic mass is 10.3. The second-order valence-electron chi connectivity index (χ2n) is 3.54. The molecule has 0 aliphatic carbocycles. The number of nitrogens with one attached hydrogen (secondary N) is 2. The van der Waals surface area contributed by atoms with Crippen LogP contribution in [0, 0.1) is 12.7 Å². The average molecular weight is 334 g/mol. The molecule has 1 aromatic heterocycles. The second-order valence-corrected chi connectivity index (χ2v) is 6.04. The molecule has 0 aliphatic heterocycles. The monoisotopic (exact) mass is 333 g/mol. The Hall–Kier alpha value is -1.41. The molecule has 0 amide bonds. The van der Waals surface area contributed by atoms with E-state index < -0.39 is 15.8 Å². The third kappa shape index (κ3) is 2.54. The molecule has 0 aliphatic rings. The first-order valence-corrected chi connectivity index (χ1v) is 7.16. The maximum Gasteiger partial charge on any atom is 0.279 e. The Kier molecular flexibility index (Phi) is 3.40. The van der Waals surface area contributed by atoms with Crippen LogP contribution in [-0.2, 0) is 10.0 Å². The second kappa shape index (κ2) is 4.69. The van der Waals surface area contributed by atoms with Crippen LogP contribution in [0.25, 0.3) is 0 Å². The molecule has 2 rings (SSSR count). The highest BCUT2D eigenvalue weighted by molar-refractivity contribution is 9.10. The summed E-state index contributed by atoms with van der Waals surface area (Å²) in [5.74, 6) is -0.202. The maximum absolute atomic E-state index is 13.5. The van der Waals surface area contributed by atoms with Gasteiger partial charge in [0.1, 0.15) is 11.6 Å². The minimum atomic E-state index is -3.88. The minimum Gasteiger partial charge on any atom is -0.332 e. The molecule has 2 N–H and O–H groups in total. The number of aryl methyl sites for hydroxylation is 1. The molecule has 0 radical (unpaired) electrons. The molecule has 1 aromatic carbocycles. The average Bonchev–Trinajstić information content (AvgIpc) is 2.71. The number of para-hydroxylation sites is 1. The summed E-state index contributed by atoms with van der Waals surface area (Å²) in [6.45, 7) is 1.62. The Balaban J connectivity index is 2.40. The molecule has 5 nitrogen and oxygen atoms in total. The number of nitrogens with zero attached hydrogens (tertiary/aromatic N) is 1. The summed E-state index contributed by atoms with van der Waals surface area (Å²) in [7, 11) is -3.88. The number of H-pyrrole nitrogens is 1. The van der Waals surface area contributed by atoms with Crippen molar-refractivity contribution in [3.8, 4) is 0 Å². The van der Waals surface area contributed by atoms with E-state index in [0.717, 1.165) is 0 Å². The van der Waals surface area contributed by atoms with Gasteiger partial charge in [-0.2, -0.15) is 8.42 Å². The van der Waals surface area contributed by atoms with Crippen LogP contribution < -0.4 is 4.72 Å². The van der Waals surface area contributed by atoms with Gasteiger partial charge in [0.2, 0.25) is 0 Å². The zero-order valence-electron chi connectivity index (χ0n) is 9.24. The predicted octanol–water partition coefficient (Wildman–Crippen LogP) is 2.42. The molecule has 0 atom stereocenters.